The summed E-state index contributed by atoms with van der Waals surface area (Å²) in [6.07, 6.45) is 0. The van der Waals surface area contributed by atoms with Crippen molar-refractivity contribution in [3.05, 3.63) is 139 Å². The molecule has 206 valence electrons. The standard InChI is InChI=1S/C39H23N3OS/c1-2-10-24(11-3-1)25-12-8-13-26(22-25)37-40-38(27-20-21-34-32(23-27)28-14-4-6-18-33(28)43-34)42-39(41-37)31-17-9-16-30-29-15-5-7-19-35(29)44-36(30)31/h1-23H/i1D,2D,3D,10D,11D. The lowest BCUT2D eigenvalue weighted by Crippen LogP contribution is -2.00. The number of thiophene rings is 1. The summed E-state index contributed by atoms with van der Waals surface area (Å²) in [5, 5.41) is 4.24. The topological polar surface area (TPSA) is 51.8 Å². The zero-order valence-electron chi connectivity index (χ0n) is 28.1. The number of aromatic nitrogens is 3. The second kappa shape index (κ2) is 9.97. The van der Waals surface area contributed by atoms with E-state index < -0.39 is 6.04 Å². The Hall–Kier alpha value is -5.65. The largest absolute Gasteiger partial charge is 0.456 e. The molecule has 0 fully saturated rings. The molecule has 5 heteroatoms. The van der Waals surface area contributed by atoms with Crippen molar-refractivity contribution in [1.29, 1.82) is 0 Å². The molecule has 0 bridgehead atoms. The molecule has 0 radical (unpaired) electrons. The van der Waals surface area contributed by atoms with Crippen molar-refractivity contribution < 1.29 is 11.3 Å². The molecule has 0 aliphatic carbocycles. The fourth-order valence-corrected chi connectivity index (χ4v) is 6.96. The van der Waals surface area contributed by atoms with Gasteiger partial charge < -0.3 is 4.42 Å². The van der Waals surface area contributed by atoms with Gasteiger partial charge in [-0.25, -0.2) is 15.0 Å². The third-order valence-corrected chi connectivity index (χ3v) is 9.04. The van der Waals surface area contributed by atoms with Crippen molar-refractivity contribution in [1.82, 2.24) is 15.0 Å². The molecule has 0 atom stereocenters. The van der Waals surface area contributed by atoms with Crippen LogP contribution in [0.4, 0.5) is 0 Å². The van der Waals surface area contributed by atoms with E-state index in [-0.39, 0.29) is 29.7 Å². The van der Waals surface area contributed by atoms with Crippen molar-refractivity contribution in [2.24, 2.45) is 0 Å². The van der Waals surface area contributed by atoms with E-state index >= 15 is 0 Å². The first-order valence-electron chi connectivity index (χ1n) is 16.6. The zero-order valence-corrected chi connectivity index (χ0v) is 23.9. The van der Waals surface area contributed by atoms with Crippen LogP contribution in [-0.4, -0.2) is 15.0 Å². The molecule has 0 unspecified atom stereocenters. The Labute approximate surface area is 264 Å². The Morgan fingerprint density at radius 3 is 2.07 bits per heavy atom. The van der Waals surface area contributed by atoms with Gasteiger partial charge in [-0.2, -0.15) is 0 Å². The number of nitrogens with zero attached hydrogens (tertiary/aromatic N) is 3. The Morgan fingerprint density at radius 1 is 0.500 bits per heavy atom. The van der Waals surface area contributed by atoms with Gasteiger partial charge in [-0.3, -0.25) is 0 Å². The van der Waals surface area contributed by atoms with Crippen molar-refractivity contribution in [3.8, 4) is 45.3 Å². The summed E-state index contributed by atoms with van der Waals surface area (Å²) in [4.78, 5) is 15.1. The Bertz CT molecular complexity index is 2780. The van der Waals surface area contributed by atoms with Crippen LogP contribution in [0, 0.1) is 0 Å². The molecule has 4 nitrogen and oxygen atoms in total. The van der Waals surface area contributed by atoms with E-state index in [1.807, 2.05) is 72.8 Å². The van der Waals surface area contributed by atoms with E-state index in [1.54, 1.807) is 29.5 Å². The summed E-state index contributed by atoms with van der Waals surface area (Å²) in [6, 6.07) is 33.7. The van der Waals surface area contributed by atoms with Gasteiger partial charge in [0.15, 0.2) is 17.5 Å². The highest BCUT2D eigenvalue weighted by Gasteiger charge is 2.18. The lowest BCUT2D eigenvalue weighted by molar-refractivity contribution is 0.669. The third kappa shape index (κ3) is 4.09. The van der Waals surface area contributed by atoms with Crippen molar-refractivity contribution in [3.63, 3.8) is 0 Å². The molecule has 3 heterocycles. The van der Waals surface area contributed by atoms with Gasteiger partial charge in [-0.1, -0.05) is 96.9 Å². The SMILES string of the molecule is [2H]c1c([2H])c([2H])c(-c2cccc(-c3nc(-c4ccc5oc6ccccc6c5c4)nc(-c4cccc5c4sc4ccccc45)n3)c2)c([2H])c1[2H]. The van der Waals surface area contributed by atoms with Crippen LogP contribution in [0.25, 0.3) is 87.4 Å². The van der Waals surface area contributed by atoms with Crippen molar-refractivity contribution in [2.75, 3.05) is 0 Å². The summed E-state index contributed by atoms with van der Waals surface area (Å²) in [5.41, 5.74) is 4.43. The fourth-order valence-electron chi connectivity index (χ4n) is 5.75. The Kier molecular flexibility index (Phi) is 4.60. The lowest BCUT2D eigenvalue weighted by atomic mass is 10.0. The maximum atomic E-state index is 8.55. The minimum atomic E-state index is -0.431. The van der Waals surface area contributed by atoms with E-state index in [2.05, 4.69) is 18.2 Å². The lowest BCUT2D eigenvalue weighted by Gasteiger charge is -2.10. The maximum absolute atomic E-state index is 8.55. The highest BCUT2D eigenvalue weighted by atomic mass is 32.1. The molecule has 6 aromatic carbocycles. The van der Waals surface area contributed by atoms with Crippen LogP contribution in [0.3, 0.4) is 0 Å². The second-order valence-corrected chi connectivity index (χ2v) is 11.5. The first-order valence-corrected chi connectivity index (χ1v) is 14.9. The number of hydrogen-bond donors (Lipinski definition) is 0. The van der Waals surface area contributed by atoms with Gasteiger partial charge in [0.1, 0.15) is 11.2 Å². The number of para-hydroxylation sites is 1. The first-order chi connectivity index (χ1) is 23.9. The average Bonchev–Trinajstić information content (AvgIpc) is 3.71. The first kappa shape index (κ1) is 20.3. The maximum Gasteiger partial charge on any atom is 0.165 e. The summed E-state index contributed by atoms with van der Waals surface area (Å²) in [5.74, 6) is 1.37. The normalized spacial score (nSPS) is 13.2. The molecule has 9 aromatic rings. The van der Waals surface area contributed by atoms with Gasteiger partial charge in [0, 0.05) is 47.6 Å². The molecule has 0 amide bonds. The third-order valence-electron chi connectivity index (χ3n) is 7.82. The molecular weight excluding hydrogens is 559 g/mol. The van der Waals surface area contributed by atoms with Gasteiger partial charge >= 0.3 is 0 Å². The summed E-state index contributed by atoms with van der Waals surface area (Å²) in [7, 11) is 0. The predicted octanol–water partition coefficient (Wildman–Crippen LogP) is 10.8. The van der Waals surface area contributed by atoms with Gasteiger partial charge in [-0.15, -0.1) is 11.3 Å². The zero-order chi connectivity index (χ0) is 33.4. The molecule has 0 spiro atoms. The number of furan rings is 1. The highest BCUT2D eigenvalue weighted by molar-refractivity contribution is 7.26. The molecule has 0 aliphatic rings. The molecule has 44 heavy (non-hydrogen) atoms. The van der Waals surface area contributed by atoms with Gasteiger partial charge in [0.25, 0.3) is 0 Å². The van der Waals surface area contributed by atoms with Crippen LogP contribution in [0.2, 0.25) is 0 Å². The van der Waals surface area contributed by atoms with E-state index in [0.717, 1.165) is 43.2 Å². The summed E-state index contributed by atoms with van der Waals surface area (Å²) in [6.45, 7) is 0. The van der Waals surface area contributed by atoms with Crippen molar-refractivity contribution >= 4 is 53.4 Å². The number of fused-ring (bicyclic) bond motifs is 6. The van der Waals surface area contributed by atoms with Crippen LogP contribution in [0.5, 0.6) is 0 Å². The number of hydrogen-bond acceptors (Lipinski definition) is 5. The molecule has 3 aromatic heterocycles. The van der Waals surface area contributed by atoms with Crippen LogP contribution in [0.15, 0.2) is 144 Å². The van der Waals surface area contributed by atoms with Gasteiger partial charge in [0.2, 0.25) is 0 Å². The highest BCUT2D eigenvalue weighted by Crippen LogP contribution is 2.40. The van der Waals surface area contributed by atoms with E-state index in [9.17, 15) is 0 Å². The quantitative estimate of drug-likeness (QED) is 0.206. The predicted molar refractivity (Wildman–Crippen MR) is 182 cm³/mol. The molecule has 0 saturated heterocycles. The van der Waals surface area contributed by atoms with E-state index in [1.165, 1.54) is 10.1 Å². The van der Waals surface area contributed by atoms with E-state index in [0.29, 0.717) is 28.6 Å². The molecule has 0 saturated carbocycles. The Morgan fingerprint density at radius 2 is 1.18 bits per heavy atom. The summed E-state index contributed by atoms with van der Waals surface area (Å²) < 4.78 is 49.9. The number of rotatable bonds is 4. The average molecular weight is 587 g/mol. The van der Waals surface area contributed by atoms with E-state index in [4.69, 9.17) is 26.2 Å². The minimum Gasteiger partial charge on any atom is -0.456 e. The molecule has 0 aliphatic heterocycles. The van der Waals surface area contributed by atoms with Crippen LogP contribution in [-0.2, 0) is 0 Å². The van der Waals surface area contributed by atoms with Crippen LogP contribution in [0.1, 0.15) is 6.85 Å². The van der Waals surface area contributed by atoms with Gasteiger partial charge in [0.05, 0.1) is 6.85 Å². The number of benzene rings is 6. The monoisotopic (exact) mass is 586 g/mol. The van der Waals surface area contributed by atoms with Crippen molar-refractivity contribution in [2.45, 2.75) is 0 Å². The van der Waals surface area contributed by atoms with Crippen LogP contribution >= 0.6 is 11.3 Å². The Balaban J connectivity index is 1.28. The van der Waals surface area contributed by atoms with Gasteiger partial charge in [-0.05, 0) is 53.6 Å². The second-order valence-electron chi connectivity index (χ2n) is 10.5. The molecule has 0 N–H and O–H groups in total. The molecule has 9 rings (SSSR count). The molecular formula is C39H23N3OS. The smallest absolute Gasteiger partial charge is 0.165 e. The summed E-state index contributed by atoms with van der Waals surface area (Å²) >= 11 is 1.69. The minimum absolute atomic E-state index is 0.120. The fraction of sp³-hybridized carbons (Fsp3) is 0. The van der Waals surface area contributed by atoms with Crippen LogP contribution < -0.4 is 0 Å².